The van der Waals surface area contributed by atoms with Crippen molar-refractivity contribution in [1.82, 2.24) is 0 Å². The highest BCUT2D eigenvalue weighted by Gasteiger charge is 2.22. The van der Waals surface area contributed by atoms with Gasteiger partial charge in [0.05, 0.1) is 11.9 Å². The summed E-state index contributed by atoms with van der Waals surface area (Å²) in [6.45, 7) is 5.43. The zero-order valence-electron chi connectivity index (χ0n) is 14.3. The average molecular weight is 346 g/mol. The third-order valence-corrected chi connectivity index (χ3v) is 4.70. The summed E-state index contributed by atoms with van der Waals surface area (Å²) in [7, 11) is -3.57. The quantitative estimate of drug-likeness (QED) is 0.905. The van der Waals surface area contributed by atoms with Gasteiger partial charge in [0, 0.05) is 5.69 Å². The molecule has 2 rings (SSSR count). The van der Waals surface area contributed by atoms with Crippen LogP contribution in [0.4, 0.5) is 11.4 Å². The molecule has 0 spiro atoms. The lowest BCUT2D eigenvalue weighted by molar-refractivity contribution is -0.114. The maximum absolute atomic E-state index is 12.4. The maximum atomic E-state index is 12.4. The fourth-order valence-corrected chi connectivity index (χ4v) is 3.52. The van der Waals surface area contributed by atoms with Gasteiger partial charge in [-0.1, -0.05) is 24.3 Å². The average Bonchev–Trinajstić information content (AvgIpc) is 2.43. The fourth-order valence-electron chi connectivity index (χ4n) is 2.60. The third kappa shape index (κ3) is 4.58. The van der Waals surface area contributed by atoms with Crippen LogP contribution in [0.3, 0.4) is 0 Å². The first-order valence-electron chi connectivity index (χ1n) is 7.58. The normalized spacial score (nSPS) is 11.2. The van der Waals surface area contributed by atoms with Gasteiger partial charge in [-0.25, -0.2) is 8.42 Å². The van der Waals surface area contributed by atoms with Crippen LogP contribution in [0.1, 0.15) is 16.7 Å². The number of aryl methyl sites for hydroxylation is 3. The van der Waals surface area contributed by atoms with Crippen LogP contribution >= 0.6 is 0 Å². The Morgan fingerprint density at radius 2 is 1.62 bits per heavy atom. The number of hydrogen-bond donors (Lipinski definition) is 1. The van der Waals surface area contributed by atoms with Crippen molar-refractivity contribution in [2.75, 3.05) is 22.4 Å². The van der Waals surface area contributed by atoms with E-state index in [0.717, 1.165) is 27.3 Å². The molecule has 2 aromatic carbocycles. The summed E-state index contributed by atoms with van der Waals surface area (Å²) in [5.41, 5.74) is 4.03. The predicted octanol–water partition coefficient (Wildman–Crippen LogP) is 3.02. The molecular weight excluding hydrogens is 324 g/mol. The Bertz CT molecular complexity index is 840. The van der Waals surface area contributed by atoms with Crippen LogP contribution in [0.15, 0.2) is 42.5 Å². The number of rotatable bonds is 5. The monoisotopic (exact) mass is 346 g/mol. The second-order valence-electron chi connectivity index (χ2n) is 5.98. The molecular formula is C18H22N2O3S. The van der Waals surface area contributed by atoms with Gasteiger partial charge in [-0.05, 0) is 55.7 Å². The molecule has 0 fully saturated rings. The van der Waals surface area contributed by atoms with Gasteiger partial charge in [-0.2, -0.15) is 0 Å². The van der Waals surface area contributed by atoms with Crippen LogP contribution in [0.5, 0.6) is 0 Å². The van der Waals surface area contributed by atoms with Crippen LogP contribution in [0.2, 0.25) is 0 Å². The van der Waals surface area contributed by atoms with E-state index in [0.29, 0.717) is 11.4 Å². The molecule has 1 N–H and O–H groups in total. The molecule has 2 aromatic rings. The van der Waals surface area contributed by atoms with Crippen LogP contribution in [0.25, 0.3) is 0 Å². The van der Waals surface area contributed by atoms with Crippen molar-refractivity contribution in [3.63, 3.8) is 0 Å². The maximum Gasteiger partial charge on any atom is 0.245 e. The number of sulfonamides is 1. The lowest BCUT2D eigenvalue weighted by atomic mass is 10.1. The van der Waals surface area contributed by atoms with E-state index in [1.165, 1.54) is 0 Å². The van der Waals surface area contributed by atoms with Crippen LogP contribution in [-0.2, 0) is 14.8 Å². The van der Waals surface area contributed by atoms with E-state index in [2.05, 4.69) is 5.32 Å². The SMILES string of the molecule is Cc1cc(C)cc(NC(=O)CN(c2ccccc2C)S(C)(=O)=O)c1. The smallest absolute Gasteiger partial charge is 0.245 e. The first-order chi connectivity index (χ1) is 11.2. The van der Waals surface area contributed by atoms with E-state index in [-0.39, 0.29) is 12.5 Å². The Morgan fingerprint density at radius 1 is 1.04 bits per heavy atom. The zero-order valence-corrected chi connectivity index (χ0v) is 15.1. The highest BCUT2D eigenvalue weighted by atomic mass is 32.2. The van der Waals surface area contributed by atoms with E-state index in [1.807, 2.05) is 51.1 Å². The van der Waals surface area contributed by atoms with Gasteiger partial charge in [-0.3, -0.25) is 9.10 Å². The molecule has 0 heterocycles. The van der Waals surface area contributed by atoms with Crippen molar-refractivity contribution in [2.45, 2.75) is 20.8 Å². The summed E-state index contributed by atoms with van der Waals surface area (Å²) in [5, 5.41) is 2.77. The zero-order chi connectivity index (χ0) is 17.9. The van der Waals surface area contributed by atoms with E-state index in [4.69, 9.17) is 0 Å². The number of para-hydroxylation sites is 1. The van der Waals surface area contributed by atoms with Gasteiger partial charge in [0.1, 0.15) is 6.54 Å². The summed E-state index contributed by atoms with van der Waals surface area (Å²) in [5.74, 6) is -0.381. The van der Waals surface area contributed by atoms with E-state index < -0.39 is 10.0 Å². The van der Waals surface area contributed by atoms with Crippen LogP contribution in [-0.4, -0.2) is 27.1 Å². The van der Waals surface area contributed by atoms with Gasteiger partial charge < -0.3 is 5.32 Å². The van der Waals surface area contributed by atoms with Crippen molar-refractivity contribution in [2.24, 2.45) is 0 Å². The molecule has 1 amide bonds. The van der Waals surface area contributed by atoms with E-state index in [1.54, 1.807) is 12.1 Å². The lowest BCUT2D eigenvalue weighted by Crippen LogP contribution is -2.37. The Balaban J connectivity index is 2.24. The van der Waals surface area contributed by atoms with Gasteiger partial charge in [-0.15, -0.1) is 0 Å². The molecule has 0 radical (unpaired) electrons. The predicted molar refractivity (Wildman–Crippen MR) is 97.9 cm³/mol. The van der Waals surface area contributed by atoms with Crippen molar-refractivity contribution in [3.8, 4) is 0 Å². The number of carbonyl (C=O) groups excluding carboxylic acids is 1. The lowest BCUT2D eigenvalue weighted by Gasteiger charge is -2.23. The molecule has 0 aliphatic rings. The highest BCUT2D eigenvalue weighted by Crippen LogP contribution is 2.22. The molecule has 5 nitrogen and oxygen atoms in total. The molecule has 0 aliphatic carbocycles. The van der Waals surface area contributed by atoms with Crippen molar-refractivity contribution >= 4 is 27.3 Å². The number of hydrogen-bond acceptors (Lipinski definition) is 3. The summed E-state index contributed by atoms with van der Waals surface area (Å²) < 4.78 is 25.4. The van der Waals surface area contributed by atoms with E-state index in [9.17, 15) is 13.2 Å². The summed E-state index contributed by atoms with van der Waals surface area (Å²) in [6, 6.07) is 12.8. The number of amides is 1. The molecule has 0 aromatic heterocycles. The van der Waals surface area contributed by atoms with Gasteiger partial charge >= 0.3 is 0 Å². The number of nitrogens with zero attached hydrogens (tertiary/aromatic N) is 1. The second-order valence-corrected chi connectivity index (χ2v) is 7.89. The Labute approximate surface area is 143 Å². The van der Waals surface area contributed by atoms with Crippen molar-refractivity contribution in [1.29, 1.82) is 0 Å². The third-order valence-electron chi connectivity index (χ3n) is 3.58. The number of benzene rings is 2. The molecule has 6 heteroatoms. The van der Waals surface area contributed by atoms with Gasteiger partial charge in [0.2, 0.25) is 15.9 Å². The standard InChI is InChI=1S/C18H22N2O3S/c1-13-9-14(2)11-16(10-13)19-18(21)12-20(24(4,22)23)17-8-6-5-7-15(17)3/h5-11H,12H2,1-4H3,(H,19,21). The minimum atomic E-state index is -3.57. The van der Waals surface area contributed by atoms with Crippen molar-refractivity contribution < 1.29 is 13.2 Å². The number of nitrogens with one attached hydrogen (secondary N) is 1. The molecule has 0 unspecified atom stereocenters. The van der Waals surface area contributed by atoms with Crippen LogP contribution in [0, 0.1) is 20.8 Å². The Morgan fingerprint density at radius 3 is 2.17 bits per heavy atom. The second kappa shape index (κ2) is 7.05. The fraction of sp³-hybridized carbons (Fsp3) is 0.278. The summed E-state index contributed by atoms with van der Waals surface area (Å²) in [4.78, 5) is 12.4. The minimum absolute atomic E-state index is 0.267. The van der Waals surface area contributed by atoms with Crippen molar-refractivity contribution in [3.05, 3.63) is 59.2 Å². The van der Waals surface area contributed by atoms with Gasteiger partial charge in [0.15, 0.2) is 0 Å². The molecule has 0 aliphatic heterocycles. The van der Waals surface area contributed by atoms with E-state index >= 15 is 0 Å². The topological polar surface area (TPSA) is 66.5 Å². The number of anilines is 2. The Kier molecular flexibility index (Phi) is 5.29. The largest absolute Gasteiger partial charge is 0.324 e. The number of carbonyl (C=O) groups is 1. The molecule has 0 bridgehead atoms. The summed E-state index contributed by atoms with van der Waals surface area (Å²) >= 11 is 0. The molecule has 128 valence electrons. The molecule has 24 heavy (non-hydrogen) atoms. The molecule has 0 atom stereocenters. The first kappa shape index (κ1) is 18.0. The minimum Gasteiger partial charge on any atom is -0.324 e. The Hall–Kier alpha value is -2.34. The van der Waals surface area contributed by atoms with Crippen LogP contribution < -0.4 is 9.62 Å². The molecule has 0 saturated carbocycles. The van der Waals surface area contributed by atoms with Gasteiger partial charge in [0.25, 0.3) is 0 Å². The first-order valence-corrected chi connectivity index (χ1v) is 9.43. The summed E-state index contributed by atoms with van der Waals surface area (Å²) in [6.07, 6.45) is 1.10. The molecule has 0 saturated heterocycles. The highest BCUT2D eigenvalue weighted by molar-refractivity contribution is 7.92.